The average Bonchev–Trinajstić information content (AvgIpc) is 2.72. The van der Waals surface area contributed by atoms with Crippen LogP contribution in [-0.4, -0.2) is 24.7 Å². The zero-order valence-electron chi connectivity index (χ0n) is 17.0. The molecule has 0 fully saturated rings. The number of nitrogens with zero attached hydrogens (tertiary/aromatic N) is 2. The monoisotopic (exact) mass is 428 g/mol. The van der Waals surface area contributed by atoms with E-state index in [2.05, 4.69) is 4.99 Å². The molecular weight excluding hydrogens is 409 g/mol. The van der Waals surface area contributed by atoms with Gasteiger partial charge >= 0.3 is 12.1 Å². The lowest BCUT2D eigenvalue weighted by molar-refractivity contribution is -0.186. The van der Waals surface area contributed by atoms with Crippen LogP contribution in [0.2, 0.25) is 0 Å². The Morgan fingerprint density at radius 1 is 1.23 bits per heavy atom. The molecule has 0 saturated carbocycles. The van der Waals surface area contributed by atoms with Crippen molar-refractivity contribution in [2.24, 2.45) is 4.99 Å². The third-order valence-corrected chi connectivity index (χ3v) is 4.83. The Bertz CT molecular complexity index is 1100. The van der Waals surface area contributed by atoms with Crippen molar-refractivity contribution in [1.82, 2.24) is 0 Å². The SMILES string of the molecule is Cc1cc(C)c2c(c1)C=C(C(=O)OC=NC(C)(C#N)c1ccccc1)[C@@H](C(F)(F)F)O2. The number of aryl methyl sites for hydroxylation is 2. The maximum atomic E-state index is 13.6. The average molecular weight is 428 g/mol. The van der Waals surface area contributed by atoms with Gasteiger partial charge in [0.15, 0.2) is 11.9 Å². The van der Waals surface area contributed by atoms with E-state index in [0.717, 1.165) is 11.6 Å². The van der Waals surface area contributed by atoms with Gasteiger partial charge < -0.3 is 9.47 Å². The Morgan fingerprint density at radius 3 is 2.52 bits per heavy atom. The summed E-state index contributed by atoms with van der Waals surface area (Å²) in [4.78, 5) is 16.5. The Hall–Kier alpha value is -3.60. The van der Waals surface area contributed by atoms with Crippen LogP contribution in [-0.2, 0) is 15.1 Å². The first kappa shape index (κ1) is 22.1. The fraction of sp³-hybridized carbons (Fsp3) is 0.261. The number of hydrogen-bond donors (Lipinski definition) is 0. The van der Waals surface area contributed by atoms with Crippen LogP contribution in [0, 0.1) is 25.2 Å². The summed E-state index contributed by atoms with van der Waals surface area (Å²) in [6.07, 6.45) is -5.49. The predicted molar refractivity (Wildman–Crippen MR) is 108 cm³/mol. The van der Waals surface area contributed by atoms with Gasteiger partial charge in [-0.2, -0.15) is 18.4 Å². The van der Waals surface area contributed by atoms with Crippen LogP contribution in [0.25, 0.3) is 6.08 Å². The van der Waals surface area contributed by atoms with E-state index in [1.807, 2.05) is 6.07 Å². The Kier molecular flexibility index (Phi) is 5.89. The van der Waals surface area contributed by atoms with Crippen LogP contribution in [0.15, 0.2) is 53.0 Å². The highest BCUT2D eigenvalue weighted by Gasteiger charge is 2.49. The van der Waals surface area contributed by atoms with Crippen molar-refractivity contribution in [2.75, 3.05) is 0 Å². The summed E-state index contributed by atoms with van der Waals surface area (Å²) in [6, 6.07) is 13.8. The van der Waals surface area contributed by atoms with Gasteiger partial charge in [0.25, 0.3) is 0 Å². The van der Waals surface area contributed by atoms with Gasteiger partial charge in [0.1, 0.15) is 5.75 Å². The molecule has 2 aromatic carbocycles. The maximum Gasteiger partial charge on any atom is 0.430 e. The van der Waals surface area contributed by atoms with Crippen molar-refractivity contribution in [2.45, 2.75) is 38.6 Å². The van der Waals surface area contributed by atoms with Gasteiger partial charge in [-0.3, -0.25) is 0 Å². The normalized spacial score (nSPS) is 17.7. The number of rotatable bonds is 4. The Balaban J connectivity index is 1.90. The fourth-order valence-electron chi connectivity index (χ4n) is 3.27. The van der Waals surface area contributed by atoms with Crippen LogP contribution in [0.4, 0.5) is 13.2 Å². The molecule has 8 heteroatoms. The lowest BCUT2D eigenvalue weighted by atomic mass is 9.95. The van der Waals surface area contributed by atoms with Gasteiger partial charge in [-0.15, -0.1) is 0 Å². The molecule has 0 bridgehead atoms. The van der Waals surface area contributed by atoms with Crippen molar-refractivity contribution >= 4 is 18.4 Å². The number of benzene rings is 2. The van der Waals surface area contributed by atoms with Gasteiger partial charge in [0.05, 0.1) is 11.6 Å². The van der Waals surface area contributed by atoms with E-state index in [9.17, 15) is 23.2 Å². The van der Waals surface area contributed by atoms with Gasteiger partial charge in [0, 0.05) is 5.56 Å². The van der Waals surface area contributed by atoms with Crippen molar-refractivity contribution in [3.05, 3.63) is 70.3 Å². The Morgan fingerprint density at radius 2 is 1.90 bits per heavy atom. The molecule has 3 rings (SSSR count). The summed E-state index contributed by atoms with van der Waals surface area (Å²) in [5, 5.41) is 9.48. The lowest BCUT2D eigenvalue weighted by Gasteiger charge is -2.28. The molecule has 0 saturated heterocycles. The Labute approximate surface area is 177 Å². The van der Waals surface area contributed by atoms with Crippen LogP contribution in [0.1, 0.15) is 29.2 Å². The van der Waals surface area contributed by atoms with Crippen molar-refractivity contribution in [1.29, 1.82) is 5.26 Å². The number of aliphatic imine (C=N–C) groups is 1. The number of alkyl halides is 3. The molecule has 2 atom stereocenters. The third-order valence-electron chi connectivity index (χ3n) is 4.83. The molecule has 5 nitrogen and oxygen atoms in total. The molecule has 1 aliphatic rings. The molecule has 1 heterocycles. The second kappa shape index (κ2) is 8.26. The molecule has 1 unspecified atom stereocenters. The molecule has 0 aliphatic carbocycles. The van der Waals surface area contributed by atoms with E-state index in [-0.39, 0.29) is 5.75 Å². The summed E-state index contributed by atoms with van der Waals surface area (Å²) in [7, 11) is 0. The second-order valence-electron chi connectivity index (χ2n) is 7.33. The first-order chi connectivity index (χ1) is 14.5. The number of esters is 1. The van der Waals surface area contributed by atoms with Gasteiger partial charge in [-0.05, 0) is 44.0 Å². The van der Waals surface area contributed by atoms with E-state index < -0.39 is 29.4 Å². The van der Waals surface area contributed by atoms with Gasteiger partial charge in [0.2, 0.25) is 6.10 Å². The largest absolute Gasteiger partial charge is 0.475 e. The zero-order valence-corrected chi connectivity index (χ0v) is 17.0. The van der Waals surface area contributed by atoms with E-state index in [0.29, 0.717) is 23.1 Å². The summed E-state index contributed by atoms with van der Waals surface area (Å²) in [5.74, 6) is -1.19. The smallest absolute Gasteiger partial charge is 0.430 e. The molecule has 0 spiro atoms. The molecular formula is C23H19F3N2O3. The summed E-state index contributed by atoms with van der Waals surface area (Å²) >= 11 is 0. The van der Waals surface area contributed by atoms with Crippen LogP contribution in [0.3, 0.4) is 0 Å². The number of fused-ring (bicyclic) bond motifs is 1. The standard InChI is InChI=1S/C23H19F3N2O3/c1-14-9-15(2)19-16(10-14)11-18(20(31-19)23(24,25)26)21(29)30-13-28-22(3,12-27)17-7-5-4-6-8-17/h4-11,13,20H,1-3H3/t20-,22?/m0/s1. The molecule has 1 aliphatic heterocycles. The van der Waals surface area contributed by atoms with E-state index in [1.165, 1.54) is 6.92 Å². The van der Waals surface area contributed by atoms with E-state index >= 15 is 0 Å². The maximum absolute atomic E-state index is 13.6. The minimum absolute atomic E-state index is 0.0688. The van der Waals surface area contributed by atoms with Crippen LogP contribution >= 0.6 is 0 Å². The summed E-state index contributed by atoms with van der Waals surface area (Å²) in [5.41, 5.74) is 0.162. The molecule has 0 aromatic heterocycles. The number of carbonyl (C=O) groups is 1. The van der Waals surface area contributed by atoms with Gasteiger partial charge in [-0.25, -0.2) is 9.79 Å². The zero-order chi connectivity index (χ0) is 22.8. The quantitative estimate of drug-likeness (QED) is 0.389. The summed E-state index contributed by atoms with van der Waals surface area (Å²) in [6.45, 7) is 4.92. The minimum atomic E-state index is -4.83. The molecule has 2 aromatic rings. The molecule has 160 valence electrons. The summed E-state index contributed by atoms with van der Waals surface area (Å²) < 4.78 is 50.8. The number of halogens is 3. The predicted octanol–water partition coefficient (Wildman–Crippen LogP) is 5.02. The third kappa shape index (κ3) is 4.61. The van der Waals surface area contributed by atoms with Crippen LogP contribution in [0.5, 0.6) is 5.75 Å². The van der Waals surface area contributed by atoms with Crippen molar-refractivity contribution in [3.63, 3.8) is 0 Å². The first-order valence-electron chi connectivity index (χ1n) is 9.33. The lowest BCUT2D eigenvalue weighted by Crippen LogP contribution is -2.41. The van der Waals surface area contributed by atoms with E-state index in [1.54, 1.807) is 56.3 Å². The topological polar surface area (TPSA) is 71.7 Å². The van der Waals surface area contributed by atoms with Crippen molar-refractivity contribution in [3.8, 4) is 11.8 Å². The van der Waals surface area contributed by atoms with Gasteiger partial charge in [-0.1, -0.05) is 42.0 Å². The fourth-order valence-corrected chi connectivity index (χ4v) is 3.27. The molecule has 0 radical (unpaired) electrons. The number of carbonyl (C=O) groups excluding carboxylic acids is 1. The number of hydrogen-bond acceptors (Lipinski definition) is 5. The molecule has 0 N–H and O–H groups in total. The highest BCUT2D eigenvalue weighted by molar-refractivity contribution is 5.99. The highest BCUT2D eigenvalue weighted by atomic mass is 19.4. The number of nitriles is 1. The van der Waals surface area contributed by atoms with Crippen molar-refractivity contribution < 1.29 is 27.4 Å². The van der Waals surface area contributed by atoms with E-state index in [4.69, 9.17) is 9.47 Å². The number of ether oxygens (including phenoxy) is 2. The molecule has 31 heavy (non-hydrogen) atoms. The second-order valence-corrected chi connectivity index (χ2v) is 7.33. The highest BCUT2D eigenvalue weighted by Crippen LogP contribution is 2.39. The molecule has 0 amide bonds. The van der Waals surface area contributed by atoms with Crippen LogP contribution < -0.4 is 4.74 Å². The minimum Gasteiger partial charge on any atom is -0.475 e. The first-order valence-corrected chi connectivity index (χ1v) is 9.33.